The molecule has 0 aliphatic heterocycles. The summed E-state index contributed by atoms with van der Waals surface area (Å²) in [6.07, 6.45) is -0.978. The summed E-state index contributed by atoms with van der Waals surface area (Å²) in [6, 6.07) is 8.86. The second-order valence-electron chi connectivity index (χ2n) is 6.35. The number of carbonyl (C=O) groups is 2. The number of hydrogen-bond donors (Lipinski definition) is 1. The molecule has 0 radical (unpaired) electrons. The van der Waals surface area contributed by atoms with Crippen molar-refractivity contribution in [1.82, 2.24) is 0 Å². The molecule has 1 amide bonds. The van der Waals surface area contributed by atoms with Crippen LogP contribution in [0.5, 0.6) is 11.5 Å². The first kappa shape index (κ1) is 20.3. The van der Waals surface area contributed by atoms with E-state index >= 15 is 0 Å². The van der Waals surface area contributed by atoms with Crippen LogP contribution in [0.2, 0.25) is 0 Å². The standard InChI is InChI=1S/C21H25NO5/c1-12-10-13(2)18(14(3)11-12)22-20(23)15(4)27-21(24)16-8-7-9-17(25-5)19(16)26-6/h7-11,15H,1-6H3,(H,22,23)/t15-/m1/s1. The molecule has 0 heterocycles. The molecule has 6 heteroatoms. The highest BCUT2D eigenvalue weighted by Crippen LogP contribution is 2.31. The lowest BCUT2D eigenvalue weighted by molar-refractivity contribution is -0.123. The lowest BCUT2D eigenvalue weighted by Gasteiger charge is -2.18. The third-order valence-electron chi connectivity index (χ3n) is 4.20. The molecular formula is C21H25NO5. The zero-order valence-corrected chi connectivity index (χ0v) is 16.5. The highest BCUT2D eigenvalue weighted by molar-refractivity contribution is 5.99. The van der Waals surface area contributed by atoms with Crippen molar-refractivity contribution in [3.8, 4) is 11.5 Å². The summed E-state index contributed by atoms with van der Waals surface area (Å²) in [5.74, 6) is -0.385. The zero-order chi connectivity index (χ0) is 20.1. The van der Waals surface area contributed by atoms with Gasteiger partial charge in [-0.05, 0) is 51.0 Å². The molecule has 6 nitrogen and oxygen atoms in total. The summed E-state index contributed by atoms with van der Waals surface area (Å²) >= 11 is 0. The SMILES string of the molecule is COc1cccc(C(=O)O[C@H](C)C(=O)Nc2c(C)cc(C)cc2C)c1OC. The Morgan fingerprint density at radius 2 is 1.63 bits per heavy atom. The van der Waals surface area contributed by atoms with Crippen LogP contribution in [-0.2, 0) is 9.53 Å². The van der Waals surface area contributed by atoms with Gasteiger partial charge in [0.2, 0.25) is 0 Å². The van der Waals surface area contributed by atoms with E-state index in [-0.39, 0.29) is 11.3 Å². The van der Waals surface area contributed by atoms with Gasteiger partial charge in [0.25, 0.3) is 5.91 Å². The Labute approximate surface area is 159 Å². The number of amides is 1. The largest absolute Gasteiger partial charge is 0.493 e. The van der Waals surface area contributed by atoms with Crippen LogP contribution in [0, 0.1) is 20.8 Å². The fraction of sp³-hybridized carbons (Fsp3) is 0.333. The van der Waals surface area contributed by atoms with Crippen molar-refractivity contribution < 1.29 is 23.8 Å². The van der Waals surface area contributed by atoms with E-state index in [2.05, 4.69) is 5.32 Å². The van der Waals surface area contributed by atoms with E-state index in [1.165, 1.54) is 21.1 Å². The van der Waals surface area contributed by atoms with Crippen molar-refractivity contribution in [1.29, 1.82) is 0 Å². The van der Waals surface area contributed by atoms with Crippen LogP contribution in [0.3, 0.4) is 0 Å². The van der Waals surface area contributed by atoms with Gasteiger partial charge in [0.15, 0.2) is 17.6 Å². The maximum Gasteiger partial charge on any atom is 0.342 e. The minimum Gasteiger partial charge on any atom is -0.493 e. The van der Waals surface area contributed by atoms with Crippen molar-refractivity contribution in [3.63, 3.8) is 0 Å². The summed E-state index contributed by atoms with van der Waals surface area (Å²) in [5.41, 5.74) is 3.95. The average molecular weight is 371 g/mol. The number of methoxy groups -OCH3 is 2. The van der Waals surface area contributed by atoms with E-state index in [4.69, 9.17) is 14.2 Å². The smallest absolute Gasteiger partial charge is 0.342 e. The first-order chi connectivity index (χ1) is 12.8. The lowest BCUT2D eigenvalue weighted by Crippen LogP contribution is -2.30. The van der Waals surface area contributed by atoms with Crippen LogP contribution in [0.25, 0.3) is 0 Å². The van der Waals surface area contributed by atoms with Crippen LogP contribution < -0.4 is 14.8 Å². The number of esters is 1. The number of anilines is 1. The van der Waals surface area contributed by atoms with Crippen molar-refractivity contribution in [2.24, 2.45) is 0 Å². The monoisotopic (exact) mass is 371 g/mol. The van der Waals surface area contributed by atoms with Crippen LogP contribution in [0.1, 0.15) is 34.0 Å². The molecule has 0 bridgehead atoms. The molecule has 0 saturated heterocycles. The normalized spacial score (nSPS) is 11.5. The molecular weight excluding hydrogens is 346 g/mol. The Morgan fingerprint density at radius 3 is 2.19 bits per heavy atom. The van der Waals surface area contributed by atoms with E-state index in [0.29, 0.717) is 5.75 Å². The molecule has 0 aliphatic rings. The van der Waals surface area contributed by atoms with Crippen LogP contribution in [0.15, 0.2) is 30.3 Å². The van der Waals surface area contributed by atoms with E-state index in [1.807, 2.05) is 32.9 Å². The molecule has 2 aromatic rings. The minimum atomic E-state index is -0.978. The van der Waals surface area contributed by atoms with E-state index in [9.17, 15) is 9.59 Å². The van der Waals surface area contributed by atoms with Gasteiger partial charge in [-0.2, -0.15) is 0 Å². The van der Waals surface area contributed by atoms with E-state index < -0.39 is 18.0 Å². The zero-order valence-electron chi connectivity index (χ0n) is 16.5. The molecule has 2 aromatic carbocycles. The van der Waals surface area contributed by atoms with E-state index in [1.54, 1.807) is 18.2 Å². The molecule has 1 atom stereocenters. The molecule has 144 valence electrons. The number of rotatable bonds is 6. The number of ether oxygens (including phenoxy) is 3. The number of benzene rings is 2. The fourth-order valence-electron chi connectivity index (χ4n) is 2.93. The van der Waals surface area contributed by atoms with Crippen LogP contribution >= 0.6 is 0 Å². The fourth-order valence-corrected chi connectivity index (χ4v) is 2.93. The maximum atomic E-state index is 12.5. The average Bonchev–Trinajstić information content (AvgIpc) is 2.63. The van der Waals surface area contributed by atoms with Gasteiger partial charge in [0.1, 0.15) is 5.56 Å². The summed E-state index contributed by atoms with van der Waals surface area (Å²) in [4.78, 5) is 25.0. The van der Waals surface area contributed by atoms with Gasteiger partial charge in [-0.25, -0.2) is 4.79 Å². The molecule has 0 aliphatic carbocycles. The molecule has 0 fully saturated rings. The molecule has 0 aromatic heterocycles. The predicted molar refractivity (Wildman–Crippen MR) is 104 cm³/mol. The van der Waals surface area contributed by atoms with Crippen molar-refractivity contribution in [2.75, 3.05) is 19.5 Å². The summed E-state index contributed by atoms with van der Waals surface area (Å²) in [5, 5.41) is 2.84. The Balaban J connectivity index is 2.14. The van der Waals surface area contributed by atoms with Gasteiger partial charge in [-0.15, -0.1) is 0 Å². The van der Waals surface area contributed by atoms with Gasteiger partial charge >= 0.3 is 5.97 Å². The number of para-hydroxylation sites is 1. The van der Waals surface area contributed by atoms with Gasteiger partial charge in [-0.1, -0.05) is 23.8 Å². The number of nitrogens with one attached hydrogen (secondary N) is 1. The molecule has 27 heavy (non-hydrogen) atoms. The second-order valence-corrected chi connectivity index (χ2v) is 6.35. The van der Waals surface area contributed by atoms with Gasteiger partial charge in [-0.3, -0.25) is 4.79 Å². The molecule has 0 unspecified atom stereocenters. The van der Waals surface area contributed by atoms with Crippen molar-refractivity contribution >= 4 is 17.6 Å². The maximum absolute atomic E-state index is 12.5. The van der Waals surface area contributed by atoms with Gasteiger partial charge in [0.05, 0.1) is 14.2 Å². The topological polar surface area (TPSA) is 73.9 Å². The number of hydrogen-bond acceptors (Lipinski definition) is 5. The first-order valence-electron chi connectivity index (χ1n) is 8.59. The summed E-state index contributed by atoms with van der Waals surface area (Å²) < 4.78 is 15.8. The Kier molecular flexibility index (Phi) is 6.45. The highest BCUT2D eigenvalue weighted by atomic mass is 16.6. The predicted octanol–water partition coefficient (Wildman–Crippen LogP) is 3.81. The Bertz CT molecular complexity index is 837. The number of aryl methyl sites for hydroxylation is 3. The molecule has 1 N–H and O–H groups in total. The third kappa shape index (κ3) is 4.58. The second kappa shape index (κ2) is 8.58. The van der Waals surface area contributed by atoms with Crippen molar-refractivity contribution in [3.05, 3.63) is 52.6 Å². The quantitative estimate of drug-likeness (QED) is 0.782. The Hall–Kier alpha value is -3.02. The van der Waals surface area contributed by atoms with Crippen molar-refractivity contribution in [2.45, 2.75) is 33.8 Å². The number of carbonyl (C=O) groups excluding carboxylic acids is 2. The third-order valence-corrected chi connectivity index (χ3v) is 4.20. The lowest BCUT2D eigenvalue weighted by atomic mass is 10.0. The van der Waals surface area contributed by atoms with E-state index in [0.717, 1.165) is 22.4 Å². The summed E-state index contributed by atoms with van der Waals surface area (Å²) in [6.45, 7) is 7.37. The van der Waals surface area contributed by atoms with Gasteiger partial charge in [0, 0.05) is 5.69 Å². The van der Waals surface area contributed by atoms with Crippen LogP contribution in [-0.4, -0.2) is 32.2 Å². The first-order valence-corrected chi connectivity index (χ1v) is 8.59. The highest BCUT2D eigenvalue weighted by Gasteiger charge is 2.23. The minimum absolute atomic E-state index is 0.194. The molecule has 0 saturated carbocycles. The summed E-state index contributed by atoms with van der Waals surface area (Å²) in [7, 11) is 2.92. The Morgan fingerprint density at radius 1 is 1.00 bits per heavy atom. The van der Waals surface area contributed by atoms with Crippen LogP contribution in [0.4, 0.5) is 5.69 Å². The molecule has 2 rings (SSSR count). The van der Waals surface area contributed by atoms with Gasteiger partial charge < -0.3 is 19.5 Å². The molecule has 0 spiro atoms.